The van der Waals surface area contributed by atoms with Crippen LogP contribution in [0.3, 0.4) is 0 Å². The molecule has 2 heterocycles. The molecule has 0 spiro atoms. The number of hydrogen-bond acceptors (Lipinski definition) is 4. The zero-order valence-electron chi connectivity index (χ0n) is 11.9. The third-order valence-electron chi connectivity index (χ3n) is 3.30. The molecular formula is C15H16N4OS. The maximum atomic E-state index is 12.1. The van der Waals surface area contributed by atoms with Crippen molar-refractivity contribution in [2.45, 2.75) is 26.3 Å². The summed E-state index contributed by atoms with van der Waals surface area (Å²) in [5, 5.41) is 3.53. The molecule has 2 aromatic heterocycles. The van der Waals surface area contributed by atoms with Gasteiger partial charge in [-0.05, 0) is 31.5 Å². The molecule has 0 aliphatic heterocycles. The Labute approximate surface area is 126 Å². The van der Waals surface area contributed by atoms with Gasteiger partial charge in [-0.15, -0.1) is 0 Å². The first-order chi connectivity index (χ1) is 10.1. The Hall–Kier alpha value is -2.21. The third-order valence-corrected chi connectivity index (χ3v) is 4.24. The van der Waals surface area contributed by atoms with Gasteiger partial charge < -0.3 is 9.88 Å². The minimum Gasteiger partial charge on any atom is -0.334 e. The smallest absolute Gasteiger partial charge is 0.228 e. The van der Waals surface area contributed by atoms with Crippen molar-refractivity contribution in [1.29, 1.82) is 0 Å². The highest BCUT2D eigenvalue weighted by molar-refractivity contribution is 7.22. The summed E-state index contributed by atoms with van der Waals surface area (Å²) in [4.78, 5) is 20.5. The third kappa shape index (κ3) is 3.11. The molecule has 21 heavy (non-hydrogen) atoms. The van der Waals surface area contributed by atoms with Crippen LogP contribution in [0.4, 0.5) is 5.13 Å². The first kappa shape index (κ1) is 13.8. The first-order valence-corrected chi connectivity index (χ1v) is 7.58. The van der Waals surface area contributed by atoms with E-state index in [4.69, 9.17) is 0 Å². The van der Waals surface area contributed by atoms with Gasteiger partial charge in [0, 0.05) is 24.9 Å². The van der Waals surface area contributed by atoms with Crippen molar-refractivity contribution in [2.75, 3.05) is 5.32 Å². The molecule has 1 aromatic carbocycles. The average molecular weight is 300 g/mol. The van der Waals surface area contributed by atoms with Crippen molar-refractivity contribution in [3.8, 4) is 0 Å². The van der Waals surface area contributed by atoms with E-state index in [-0.39, 0.29) is 11.9 Å². The zero-order chi connectivity index (χ0) is 14.8. The summed E-state index contributed by atoms with van der Waals surface area (Å²) in [6, 6.07) is 6.15. The number of carbonyl (C=O) groups excluding carboxylic acids is 1. The lowest BCUT2D eigenvalue weighted by molar-refractivity contribution is -0.116. The lowest BCUT2D eigenvalue weighted by Crippen LogP contribution is -2.16. The minimum absolute atomic E-state index is 0.0352. The Morgan fingerprint density at radius 1 is 1.48 bits per heavy atom. The van der Waals surface area contributed by atoms with Crippen LogP contribution in [0.5, 0.6) is 0 Å². The Morgan fingerprint density at radius 3 is 3.10 bits per heavy atom. The molecule has 0 radical (unpaired) electrons. The van der Waals surface area contributed by atoms with E-state index in [2.05, 4.69) is 21.4 Å². The maximum absolute atomic E-state index is 12.1. The molecule has 5 nitrogen and oxygen atoms in total. The van der Waals surface area contributed by atoms with E-state index < -0.39 is 0 Å². The summed E-state index contributed by atoms with van der Waals surface area (Å²) in [5.41, 5.74) is 2.11. The zero-order valence-corrected chi connectivity index (χ0v) is 12.7. The monoisotopic (exact) mass is 300 g/mol. The van der Waals surface area contributed by atoms with Crippen LogP contribution >= 0.6 is 11.3 Å². The number of aromatic nitrogens is 3. The van der Waals surface area contributed by atoms with Crippen LogP contribution in [0.1, 0.15) is 24.9 Å². The number of fused-ring (bicyclic) bond motifs is 1. The van der Waals surface area contributed by atoms with Gasteiger partial charge in [-0.1, -0.05) is 17.4 Å². The van der Waals surface area contributed by atoms with Gasteiger partial charge >= 0.3 is 0 Å². The van der Waals surface area contributed by atoms with Gasteiger partial charge in [-0.2, -0.15) is 0 Å². The van der Waals surface area contributed by atoms with E-state index in [1.54, 1.807) is 12.5 Å². The van der Waals surface area contributed by atoms with Gasteiger partial charge in [0.15, 0.2) is 5.13 Å². The van der Waals surface area contributed by atoms with Crippen LogP contribution in [-0.2, 0) is 4.79 Å². The van der Waals surface area contributed by atoms with Crippen LogP contribution < -0.4 is 5.32 Å². The van der Waals surface area contributed by atoms with E-state index in [0.29, 0.717) is 11.6 Å². The number of hydrogen-bond donors (Lipinski definition) is 1. The summed E-state index contributed by atoms with van der Waals surface area (Å²) in [6.07, 6.45) is 5.69. The first-order valence-electron chi connectivity index (χ1n) is 6.76. The van der Waals surface area contributed by atoms with Crippen LogP contribution in [0.2, 0.25) is 0 Å². The van der Waals surface area contributed by atoms with Crippen molar-refractivity contribution >= 4 is 32.6 Å². The number of imidazole rings is 1. The van der Waals surface area contributed by atoms with Crippen molar-refractivity contribution in [1.82, 2.24) is 14.5 Å². The molecule has 1 unspecified atom stereocenters. The van der Waals surface area contributed by atoms with Gasteiger partial charge in [-0.25, -0.2) is 9.97 Å². The molecule has 3 rings (SSSR count). The van der Waals surface area contributed by atoms with Crippen LogP contribution in [0.15, 0.2) is 36.9 Å². The summed E-state index contributed by atoms with van der Waals surface area (Å²) in [7, 11) is 0. The molecule has 0 bridgehead atoms. The molecule has 1 amide bonds. The van der Waals surface area contributed by atoms with Gasteiger partial charge in [0.25, 0.3) is 0 Å². The van der Waals surface area contributed by atoms with E-state index in [1.165, 1.54) is 16.9 Å². The summed E-state index contributed by atoms with van der Waals surface area (Å²) < 4.78 is 3.01. The van der Waals surface area contributed by atoms with Crippen molar-refractivity contribution in [3.63, 3.8) is 0 Å². The standard InChI is InChI=1S/C15H16N4OS/c1-10-3-4-12-13(7-10)21-15(17-12)18-14(20)8-11(2)19-6-5-16-9-19/h3-7,9,11H,8H2,1-2H3,(H,17,18,20). The molecule has 3 aromatic rings. The fourth-order valence-corrected chi connectivity index (χ4v) is 3.14. The van der Waals surface area contributed by atoms with Crippen molar-refractivity contribution in [2.24, 2.45) is 0 Å². The number of amides is 1. The molecule has 0 saturated heterocycles. The van der Waals surface area contributed by atoms with Gasteiger partial charge in [0.05, 0.1) is 16.5 Å². The normalized spacial score (nSPS) is 12.5. The van der Waals surface area contributed by atoms with Gasteiger partial charge in [-0.3, -0.25) is 4.79 Å². The molecule has 108 valence electrons. The SMILES string of the molecule is Cc1ccc2nc(NC(=O)CC(C)n3ccnc3)sc2c1. The summed E-state index contributed by atoms with van der Waals surface area (Å²) >= 11 is 1.50. The molecule has 6 heteroatoms. The predicted molar refractivity (Wildman–Crippen MR) is 84.5 cm³/mol. The number of nitrogens with one attached hydrogen (secondary N) is 1. The quantitative estimate of drug-likeness (QED) is 0.803. The Bertz CT molecular complexity index is 763. The largest absolute Gasteiger partial charge is 0.334 e. The topological polar surface area (TPSA) is 59.8 Å². The minimum atomic E-state index is -0.0352. The lowest BCUT2D eigenvalue weighted by atomic mass is 10.2. The lowest BCUT2D eigenvalue weighted by Gasteiger charge is -2.11. The van der Waals surface area contributed by atoms with Crippen molar-refractivity contribution in [3.05, 3.63) is 42.5 Å². The molecule has 0 saturated carbocycles. The van der Waals surface area contributed by atoms with Crippen LogP contribution in [0.25, 0.3) is 10.2 Å². The number of carbonyl (C=O) groups is 1. The number of thiazole rings is 1. The summed E-state index contributed by atoms with van der Waals surface area (Å²) in [6.45, 7) is 4.03. The van der Waals surface area contributed by atoms with Crippen molar-refractivity contribution < 1.29 is 4.79 Å². The molecular weight excluding hydrogens is 284 g/mol. The second-order valence-corrected chi connectivity index (χ2v) is 6.13. The molecule has 1 atom stereocenters. The second-order valence-electron chi connectivity index (χ2n) is 5.10. The Balaban J connectivity index is 1.68. The number of anilines is 1. The highest BCUT2D eigenvalue weighted by Crippen LogP contribution is 2.27. The number of rotatable bonds is 4. The van der Waals surface area contributed by atoms with Gasteiger partial charge in [0.2, 0.25) is 5.91 Å². The number of aryl methyl sites for hydroxylation is 1. The van der Waals surface area contributed by atoms with Crippen LogP contribution in [-0.4, -0.2) is 20.4 Å². The fourth-order valence-electron chi connectivity index (χ4n) is 2.16. The maximum Gasteiger partial charge on any atom is 0.228 e. The molecule has 0 aliphatic carbocycles. The second kappa shape index (κ2) is 5.65. The molecule has 1 N–H and O–H groups in total. The number of benzene rings is 1. The molecule has 0 aliphatic rings. The Kier molecular flexibility index (Phi) is 3.70. The predicted octanol–water partition coefficient (Wildman–Crippen LogP) is 3.39. The fraction of sp³-hybridized carbons (Fsp3) is 0.267. The van der Waals surface area contributed by atoms with E-state index >= 15 is 0 Å². The Morgan fingerprint density at radius 2 is 2.33 bits per heavy atom. The number of nitrogens with zero attached hydrogens (tertiary/aromatic N) is 3. The highest BCUT2D eigenvalue weighted by Gasteiger charge is 2.12. The van der Waals surface area contributed by atoms with Crippen LogP contribution in [0, 0.1) is 6.92 Å². The average Bonchev–Trinajstić information content (AvgIpc) is 3.06. The van der Waals surface area contributed by atoms with E-state index in [0.717, 1.165) is 10.2 Å². The van der Waals surface area contributed by atoms with Gasteiger partial charge in [0.1, 0.15) is 0 Å². The summed E-state index contributed by atoms with van der Waals surface area (Å²) in [5.74, 6) is -0.0352. The van der Waals surface area contributed by atoms with E-state index in [9.17, 15) is 4.79 Å². The van der Waals surface area contributed by atoms with E-state index in [1.807, 2.05) is 36.7 Å². The molecule has 0 fully saturated rings. The highest BCUT2D eigenvalue weighted by atomic mass is 32.1.